The van der Waals surface area contributed by atoms with Crippen LogP contribution in [0.2, 0.25) is 0 Å². The van der Waals surface area contributed by atoms with Gasteiger partial charge in [-0.25, -0.2) is 0 Å². The van der Waals surface area contributed by atoms with Gasteiger partial charge in [0, 0.05) is 18.2 Å². The molecule has 0 unspecified atom stereocenters. The Morgan fingerprint density at radius 3 is 2.56 bits per heavy atom. The number of nitrogens with one attached hydrogen (secondary N) is 1. The molecule has 0 radical (unpaired) electrons. The normalized spacial score (nSPS) is 23.9. The van der Waals surface area contributed by atoms with Crippen LogP contribution in [-0.4, -0.2) is 13.2 Å². The maximum atomic E-state index is 5.38. The molecule has 0 aliphatic heterocycles. The van der Waals surface area contributed by atoms with E-state index in [2.05, 4.69) is 24.4 Å². The third-order valence-corrected chi connectivity index (χ3v) is 4.20. The van der Waals surface area contributed by atoms with Crippen molar-refractivity contribution >= 4 is 0 Å². The number of hydrogen-bond donors (Lipinski definition) is 1. The SMILES string of the molecule is CCC1CCC(NCc2ccccc2OC)CC1. The second-order valence-electron chi connectivity index (χ2n) is 5.32. The lowest BCUT2D eigenvalue weighted by molar-refractivity contribution is 0.284. The fourth-order valence-corrected chi connectivity index (χ4v) is 2.88. The van der Waals surface area contributed by atoms with Crippen LogP contribution in [0.4, 0.5) is 0 Å². The molecule has 1 aromatic rings. The van der Waals surface area contributed by atoms with Gasteiger partial charge in [-0.05, 0) is 37.7 Å². The lowest BCUT2D eigenvalue weighted by Gasteiger charge is -2.28. The van der Waals surface area contributed by atoms with Crippen molar-refractivity contribution in [1.82, 2.24) is 5.32 Å². The van der Waals surface area contributed by atoms with Crippen molar-refractivity contribution in [2.24, 2.45) is 5.92 Å². The zero-order valence-corrected chi connectivity index (χ0v) is 11.6. The summed E-state index contributed by atoms with van der Waals surface area (Å²) in [6.07, 6.45) is 6.78. The van der Waals surface area contributed by atoms with E-state index >= 15 is 0 Å². The van der Waals surface area contributed by atoms with Gasteiger partial charge in [0.1, 0.15) is 5.75 Å². The summed E-state index contributed by atoms with van der Waals surface area (Å²) in [5.41, 5.74) is 1.26. The Hall–Kier alpha value is -1.02. The highest BCUT2D eigenvalue weighted by atomic mass is 16.5. The molecule has 1 aliphatic rings. The number of ether oxygens (including phenoxy) is 1. The fourth-order valence-electron chi connectivity index (χ4n) is 2.88. The van der Waals surface area contributed by atoms with Crippen LogP contribution < -0.4 is 10.1 Å². The minimum atomic E-state index is 0.692. The lowest BCUT2D eigenvalue weighted by Crippen LogP contribution is -2.32. The van der Waals surface area contributed by atoms with Crippen molar-refractivity contribution in [3.05, 3.63) is 29.8 Å². The molecule has 0 saturated heterocycles. The van der Waals surface area contributed by atoms with Crippen molar-refractivity contribution in [2.45, 2.75) is 51.6 Å². The summed E-state index contributed by atoms with van der Waals surface area (Å²) in [5, 5.41) is 3.68. The summed E-state index contributed by atoms with van der Waals surface area (Å²) in [4.78, 5) is 0. The average Bonchev–Trinajstić information content (AvgIpc) is 2.46. The van der Waals surface area contributed by atoms with E-state index < -0.39 is 0 Å². The van der Waals surface area contributed by atoms with Crippen molar-refractivity contribution in [2.75, 3.05) is 7.11 Å². The van der Waals surface area contributed by atoms with E-state index in [4.69, 9.17) is 4.74 Å². The highest BCUT2D eigenvalue weighted by Gasteiger charge is 2.19. The molecular weight excluding hydrogens is 222 g/mol. The molecule has 0 spiro atoms. The van der Waals surface area contributed by atoms with E-state index in [1.54, 1.807) is 7.11 Å². The number of para-hydroxylation sites is 1. The average molecular weight is 247 g/mol. The van der Waals surface area contributed by atoms with E-state index in [1.807, 2.05) is 12.1 Å². The van der Waals surface area contributed by atoms with Gasteiger partial charge in [-0.15, -0.1) is 0 Å². The number of benzene rings is 1. The third-order valence-electron chi connectivity index (χ3n) is 4.20. The highest BCUT2D eigenvalue weighted by molar-refractivity contribution is 5.33. The van der Waals surface area contributed by atoms with E-state index in [0.717, 1.165) is 18.2 Å². The highest BCUT2D eigenvalue weighted by Crippen LogP contribution is 2.27. The second-order valence-corrected chi connectivity index (χ2v) is 5.32. The van der Waals surface area contributed by atoms with Crippen molar-refractivity contribution < 1.29 is 4.74 Å². The van der Waals surface area contributed by atoms with Crippen LogP contribution in [-0.2, 0) is 6.54 Å². The molecule has 0 atom stereocenters. The van der Waals surface area contributed by atoms with Crippen LogP contribution in [0.1, 0.15) is 44.6 Å². The van der Waals surface area contributed by atoms with Crippen molar-refractivity contribution in [1.29, 1.82) is 0 Å². The Morgan fingerprint density at radius 1 is 1.17 bits per heavy atom. The molecule has 0 bridgehead atoms. The molecule has 18 heavy (non-hydrogen) atoms. The fraction of sp³-hybridized carbons (Fsp3) is 0.625. The van der Waals surface area contributed by atoms with Gasteiger partial charge in [-0.3, -0.25) is 0 Å². The summed E-state index contributed by atoms with van der Waals surface area (Å²) in [5.74, 6) is 1.96. The monoisotopic (exact) mass is 247 g/mol. The van der Waals surface area contributed by atoms with E-state index in [1.165, 1.54) is 37.7 Å². The Bertz CT molecular complexity index is 356. The molecule has 1 aromatic carbocycles. The predicted molar refractivity (Wildman–Crippen MR) is 75.9 cm³/mol. The summed E-state index contributed by atoms with van der Waals surface area (Å²) in [7, 11) is 1.74. The summed E-state index contributed by atoms with van der Waals surface area (Å²) >= 11 is 0. The minimum Gasteiger partial charge on any atom is -0.496 e. The summed E-state index contributed by atoms with van der Waals surface area (Å²) in [6, 6.07) is 8.97. The molecule has 0 aromatic heterocycles. The van der Waals surface area contributed by atoms with Crippen molar-refractivity contribution in [3.63, 3.8) is 0 Å². The molecule has 1 aliphatic carbocycles. The molecule has 1 fully saturated rings. The Balaban J connectivity index is 1.81. The first kappa shape index (κ1) is 13.4. The standard InChI is InChI=1S/C16H25NO/c1-3-13-8-10-15(11-9-13)17-12-14-6-4-5-7-16(14)18-2/h4-7,13,15,17H,3,8-12H2,1-2H3. The first-order valence-corrected chi connectivity index (χ1v) is 7.18. The third kappa shape index (κ3) is 3.49. The first-order valence-electron chi connectivity index (χ1n) is 7.18. The van der Waals surface area contributed by atoms with Gasteiger partial charge in [-0.2, -0.15) is 0 Å². The van der Waals surface area contributed by atoms with Crippen molar-refractivity contribution in [3.8, 4) is 5.75 Å². The smallest absolute Gasteiger partial charge is 0.123 e. The maximum absolute atomic E-state index is 5.38. The van der Waals surface area contributed by atoms with Gasteiger partial charge >= 0.3 is 0 Å². The summed E-state index contributed by atoms with van der Waals surface area (Å²) in [6.45, 7) is 3.23. The first-order chi connectivity index (χ1) is 8.83. The van der Waals surface area contributed by atoms with Gasteiger partial charge in [0.05, 0.1) is 7.11 Å². The Labute approximate surface area is 111 Å². The van der Waals surface area contributed by atoms with E-state index in [-0.39, 0.29) is 0 Å². The molecule has 0 amide bonds. The van der Waals surface area contributed by atoms with Gasteiger partial charge in [-0.1, -0.05) is 31.5 Å². The zero-order chi connectivity index (χ0) is 12.8. The largest absolute Gasteiger partial charge is 0.496 e. The van der Waals surface area contributed by atoms with E-state index in [0.29, 0.717) is 6.04 Å². The van der Waals surface area contributed by atoms with E-state index in [9.17, 15) is 0 Å². The van der Waals surface area contributed by atoms with Crippen LogP contribution in [0.15, 0.2) is 24.3 Å². The zero-order valence-electron chi connectivity index (χ0n) is 11.6. The minimum absolute atomic E-state index is 0.692. The quantitative estimate of drug-likeness (QED) is 0.855. The Kier molecular flexibility index (Phi) is 5.06. The van der Waals surface area contributed by atoms with Gasteiger partial charge in [0.25, 0.3) is 0 Å². The maximum Gasteiger partial charge on any atom is 0.123 e. The van der Waals surface area contributed by atoms with Crippen LogP contribution >= 0.6 is 0 Å². The number of hydrogen-bond acceptors (Lipinski definition) is 2. The molecule has 0 heterocycles. The topological polar surface area (TPSA) is 21.3 Å². The molecule has 2 nitrogen and oxygen atoms in total. The van der Waals surface area contributed by atoms with Gasteiger partial charge in [0.2, 0.25) is 0 Å². The molecule has 1 saturated carbocycles. The second kappa shape index (κ2) is 6.79. The van der Waals surface area contributed by atoms with Crippen LogP contribution in [0, 0.1) is 5.92 Å². The van der Waals surface area contributed by atoms with Gasteiger partial charge in [0.15, 0.2) is 0 Å². The Morgan fingerprint density at radius 2 is 1.89 bits per heavy atom. The molecule has 100 valence electrons. The summed E-state index contributed by atoms with van der Waals surface area (Å²) < 4.78 is 5.38. The molecule has 2 rings (SSSR count). The number of rotatable bonds is 5. The predicted octanol–water partition coefficient (Wildman–Crippen LogP) is 3.75. The van der Waals surface area contributed by atoms with Crippen LogP contribution in [0.3, 0.4) is 0 Å². The number of methoxy groups -OCH3 is 1. The molecular formula is C16H25NO. The molecule has 2 heteroatoms. The van der Waals surface area contributed by atoms with Crippen LogP contribution in [0.25, 0.3) is 0 Å². The van der Waals surface area contributed by atoms with Crippen LogP contribution in [0.5, 0.6) is 5.75 Å². The van der Waals surface area contributed by atoms with Gasteiger partial charge < -0.3 is 10.1 Å². The lowest BCUT2D eigenvalue weighted by atomic mass is 9.84. The molecule has 1 N–H and O–H groups in total.